The van der Waals surface area contributed by atoms with E-state index in [0.717, 1.165) is 18.4 Å². The van der Waals surface area contributed by atoms with Crippen molar-refractivity contribution in [3.05, 3.63) is 41.7 Å². The van der Waals surface area contributed by atoms with Crippen molar-refractivity contribution in [1.29, 1.82) is 0 Å². The zero-order valence-electron chi connectivity index (χ0n) is 13.4. The minimum absolute atomic E-state index is 0.307. The van der Waals surface area contributed by atoms with Crippen LogP contribution in [0.4, 0.5) is 4.79 Å². The van der Waals surface area contributed by atoms with Gasteiger partial charge >= 0.3 is 12.1 Å². The highest BCUT2D eigenvalue weighted by molar-refractivity contribution is 9.09. The van der Waals surface area contributed by atoms with Crippen LogP contribution in [-0.2, 0) is 9.53 Å². The van der Waals surface area contributed by atoms with Gasteiger partial charge < -0.3 is 19.5 Å². The number of ether oxygens (including phenoxy) is 2. The number of nitrogens with zero attached hydrogens (tertiary/aromatic N) is 1. The molecule has 0 aliphatic carbocycles. The van der Waals surface area contributed by atoms with Gasteiger partial charge in [0.05, 0.1) is 18.5 Å². The lowest BCUT2D eigenvalue weighted by Crippen LogP contribution is -2.36. The second-order valence-corrected chi connectivity index (χ2v) is 6.05. The Kier molecular flexibility index (Phi) is 6.66. The van der Waals surface area contributed by atoms with Crippen molar-refractivity contribution >= 4 is 28.0 Å². The minimum atomic E-state index is -0.861. The third-order valence-corrected chi connectivity index (χ3v) is 4.51. The molecular weight excluding hydrogens is 378 g/mol. The van der Waals surface area contributed by atoms with E-state index in [1.807, 2.05) is 24.3 Å². The van der Waals surface area contributed by atoms with Gasteiger partial charge in [-0.15, -0.1) is 0 Å². The number of benzene rings is 1. The Balaban J connectivity index is 2.05. The average molecular weight is 398 g/mol. The Morgan fingerprint density at radius 2 is 2.08 bits per heavy atom. The van der Waals surface area contributed by atoms with E-state index < -0.39 is 12.1 Å². The van der Waals surface area contributed by atoms with Gasteiger partial charge in [-0.2, -0.15) is 0 Å². The van der Waals surface area contributed by atoms with Crippen LogP contribution in [0.2, 0.25) is 0 Å². The number of hydrogen-bond acceptors (Lipinski definition) is 4. The number of esters is 1. The molecule has 1 saturated heterocycles. The highest BCUT2D eigenvalue weighted by Gasteiger charge is 2.23. The van der Waals surface area contributed by atoms with Crippen LogP contribution in [0, 0.1) is 0 Å². The Bertz CT molecular complexity index is 623. The monoisotopic (exact) mass is 397 g/mol. The lowest BCUT2D eigenvalue weighted by molar-refractivity contribution is -0.135. The zero-order valence-corrected chi connectivity index (χ0v) is 15.0. The van der Waals surface area contributed by atoms with Gasteiger partial charge in [0.2, 0.25) is 0 Å². The molecule has 1 heterocycles. The molecule has 6 nitrogen and oxygen atoms in total. The highest BCUT2D eigenvalue weighted by Crippen LogP contribution is 2.30. The third-order valence-electron chi connectivity index (χ3n) is 3.96. The number of carbonyl (C=O) groups is 2. The molecule has 1 aliphatic heterocycles. The molecule has 0 saturated carbocycles. The van der Waals surface area contributed by atoms with Crippen LogP contribution < -0.4 is 4.74 Å². The molecule has 7 heteroatoms. The summed E-state index contributed by atoms with van der Waals surface area (Å²) < 4.78 is 10.3. The SMILES string of the molecule is COC(=O)/C=C(\CBr)Oc1cccc(C2CCN(C(=O)O)CC2)c1. The molecule has 0 aromatic heterocycles. The maximum atomic E-state index is 11.3. The van der Waals surface area contributed by atoms with E-state index in [1.165, 1.54) is 18.1 Å². The molecule has 1 aliphatic rings. The van der Waals surface area contributed by atoms with Gasteiger partial charge in [0.25, 0.3) is 0 Å². The molecule has 1 aromatic carbocycles. The number of halogens is 1. The first-order valence-electron chi connectivity index (χ1n) is 7.63. The Morgan fingerprint density at radius 3 is 2.67 bits per heavy atom. The maximum Gasteiger partial charge on any atom is 0.407 e. The van der Waals surface area contributed by atoms with E-state index in [4.69, 9.17) is 9.84 Å². The van der Waals surface area contributed by atoms with E-state index in [-0.39, 0.29) is 0 Å². The average Bonchev–Trinajstić information content (AvgIpc) is 2.61. The van der Waals surface area contributed by atoms with Crippen LogP contribution in [0.3, 0.4) is 0 Å². The van der Waals surface area contributed by atoms with Crippen molar-refractivity contribution in [3.8, 4) is 5.75 Å². The molecular formula is C17H20BrNO5. The molecule has 0 bridgehead atoms. The van der Waals surface area contributed by atoms with Crippen molar-refractivity contribution in [2.75, 3.05) is 25.5 Å². The molecule has 1 amide bonds. The Labute approximate surface area is 149 Å². The summed E-state index contributed by atoms with van der Waals surface area (Å²) in [5.74, 6) is 0.935. The summed E-state index contributed by atoms with van der Waals surface area (Å²) in [7, 11) is 1.31. The fraction of sp³-hybridized carbons (Fsp3) is 0.412. The fourth-order valence-electron chi connectivity index (χ4n) is 2.67. The first kappa shape index (κ1) is 18.3. The minimum Gasteiger partial charge on any atom is -0.466 e. The highest BCUT2D eigenvalue weighted by atomic mass is 79.9. The van der Waals surface area contributed by atoms with Crippen molar-refractivity contribution in [2.24, 2.45) is 0 Å². The third kappa shape index (κ3) is 4.99. The van der Waals surface area contributed by atoms with Crippen LogP contribution in [0.15, 0.2) is 36.1 Å². The van der Waals surface area contributed by atoms with Gasteiger partial charge in [-0.3, -0.25) is 0 Å². The topological polar surface area (TPSA) is 76.1 Å². The maximum absolute atomic E-state index is 11.3. The van der Waals surface area contributed by atoms with Gasteiger partial charge in [-0.25, -0.2) is 9.59 Å². The number of methoxy groups -OCH3 is 1. The Morgan fingerprint density at radius 1 is 1.38 bits per heavy atom. The number of rotatable bonds is 5. The summed E-state index contributed by atoms with van der Waals surface area (Å²) in [4.78, 5) is 23.7. The number of carboxylic acid groups (broad SMARTS) is 1. The number of carbonyl (C=O) groups excluding carboxylic acids is 1. The van der Waals surface area contributed by atoms with Crippen molar-refractivity contribution in [2.45, 2.75) is 18.8 Å². The van der Waals surface area contributed by atoms with Gasteiger partial charge in [0.1, 0.15) is 11.5 Å². The largest absolute Gasteiger partial charge is 0.466 e. The van der Waals surface area contributed by atoms with Gasteiger partial charge in [0, 0.05) is 13.1 Å². The van der Waals surface area contributed by atoms with E-state index in [9.17, 15) is 9.59 Å². The first-order chi connectivity index (χ1) is 11.5. The number of hydrogen-bond donors (Lipinski definition) is 1. The predicted molar refractivity (Wildman–Crippen MR) is 92.5 cm³/mol. The number of likely N-dealkylation sites (tertiary alicyclic amines) is 1. The fourth-order valence-corrected chi connectivity index (χ4v) is 2.95. The standard InChI is InChI=1S/C17H20BrNO5/c1-23-16(20)10-15(11-18)24-14-4-2-3-13(9-14)12-5-7-19(8-6-12)17(21)22/h2-4,9-10,12H,5-8,11H2,1H3,(H,21,22)/b15-10+. The van der Waals surface area contributed by atoms with Gasteiger partial charge in [-0.05, 0) is 36.5 Å². The van der Waals surface area contributed by atoms with E-state index in [2.05, 4.69) is 20.7 Å². The van der Waals surface area contributed by atoms with Crippen molar-refractivity contribution in [3.63, 3.8) is 0 Å². The summed E-state index contributed by atoms with van der Waals surface area (Å²) in [5, 5.41) is 9.41. The number of allylic oxidation sites excluding steroid dienone is 1. The molecule has 0 radical (unpaired) electrons. The molecule has 2 rings (SSSR count). The normalized spacial score (nSPS) is 15.9. The molecule has 1 N–H and O–H groups in total. The first-order valence-corrected chi connectivity index (χ1v) is 8.75. The van der Waals surface area contributed by atoms with Crippen LogP contribution in [0.5, 0.6) is 5.75 Å². The van der Waals surface area contributed by atoms with Gasteiger partial charge in [0.15, 0.2) is 0 Å². The van der Waals surface area contributed by atoms with Crippen LogP contribution in [0.25, 0.3) is 0 Å². The smallest absolute Gasteiger partial charge is 0.407 e. The lowest BCUT2D eigenvalue weighted by atomic mass is 9.89. The van der Waals surface area contributed by atoms with Crippen molar-refractivity contribution < 1.29 is 24.2 Å². The van der Waals surface area contributed by atoms with Crippen LogP contribution in [0.1, 0.15) is 24.3 Å². The summed E-state index contributed by atoms with van der Waals surface area (Å²) in [6.45, 7) is 1.08. The summed E-state index contributed by atoms with van der Waals surface area (Å²) in [5.41, 5.74) is 1.12. The molecule has 0 spiro atoms. The quantitative estimate of drug-likeness (QED) is 0.356. The second kappa shape index (κ2) is 8.73. The molecule has 0 unspecified atom stereocenters. The van der Waals surface area contributed by atoms with E-state index >= 15 is 0 Å². The molecule has 24 heavy (non-hydrogen) atoms. The molecule has 0 atom stereocenters. The van der Waals surface area contributed by atoms with Crippen LogP contribution >= 0.6 is 15.9 Å². The number of piperidine rings is 1. The summed E-state index contributed by atoms with van der Waals surface area (Å²) in [6.07, 6.45) is 2.02. The molecule has 1 aromatic rings. The zero-order chi connectivity index (χ0) is 17.5. The van der Waals surface area contributed by atoms with E-state index in [1.54, 1.807) is 0 Å². The second-order valence-electron chi connectivity index (χ2n) is 5.49. The molecule has 1 fully saturated rings. The van der Waals surface area contributed by atoms with Crippen molar-refractivity contribution in [1.82, 2.24) is 4.90 Å². The summed E-state index contributed by atoms with van der Waals surface area (Å²) >= 11 is 3.28. The number of amides is 1. The number of alkyl halides is 1. The Hall–Kier alpha value is -2.02. The lowest BCUT2D eigenvalue weighted by Gasteiger charge is -2.30. The summed E-state index contributed by atoms with van der Waals surface area (Å²) in [6, 6.07) is 7.68. The predicted octanol–water partition coefficient (Wildman–Crippen LogP) is 3.37. The van der Waals surface area contributed by atoms with E-state index in [0.29, 0.717) is 35.8 Å². The van der Waals surface area contributed by atoms with Crippen LogP contribution in [-0.4, -0.2) is 47.6 Å². The molecule has 130 valence electrons. The van der Waals surface area contributed by atoms with Gasteiger partial charge in [-0.1, -0.05) is 28.1 Å².